The van der Waals surface area contributed by atoms with E-state index in [1.807, 2.05) is 29.6 Å². The number of pyridine rings is 1. The highest BCUT2D eigenvalue weighted by atomic mass is 35.5. The van der Waals surface area contributed by atoms with Crippen LogP contribution in [0.15, 0.2) is 59.1 Å². The fourth-order valence-electron chi connectivity index (χ4n) is 3.10. The fraction of sp³-hybridized carbons (Fsp3) is 0.263. The number of aromatic nitrogens is 2. The van der Waals surface area contributed by atoms with Crippen molar-refractivity contribution >= 4 is 33.0 Å². The van der Waals surface area contributed by atoms with Gasteiger partial charge in [0.15, 0.2) is 0 Å². The van der Waals surface area contributed by atoms with Crippen molar-refractivity contribution in [3.63, 3.8) is 0 Å². The van der Waals surface area contributed by atoms with Crippen molar-refractivity contribution in [3.05, 3.63) is 64.2 Å². The first-order valence-electron chi connectivity index (χ1n) is 8.85. The molecule has 2 aromatic heterocycles. The standard InChI is InChI=1S/C19H19ClN4O2S2/c20-16-5-3-15(4-6-16)18-14-27-19(22-18)13-23-8-10-24(11-9-23)28(25,26)17-2-1-7-21-12-17/h1-7,12,14H,8-11,13H2. The van der Waals surface area contributed by atoms with Crippen molar-refractivity contribution < 1.29 is 8.42 Å². The molecular formula is C19H19ClN4O2S2. The molecule has 0 amide bonds. The van der Waals surface area contributed by atoms with E-state index in [9.17, 15) is 8.42 Å². The highest BCUT2D eigenvalue weighted by Gasteiger charge is 2.28. The highest BCUT2D eigenvalue weighted by Crippen LogP contribution is 2.25. The lowest BCUT2D eigenvalue weighted by molar-refractivity contribution is 0.181. The molecule has 4 rings (SSSR count). The van der Waals surface area contributed by atoms with Gasteiger partial charge in [0.05, 0.1) is 12.2 Å². The number of nitrogens with zero attached hydrogens (tertiary/aromatic N) is 4. The lowest BCUT2D eigenvalue weighted by Crippen LogP contribution is -2.48. The maximum atomic E-state index is 12.7. The zero-order chi connectivity index (χ0) is 19.6. The minimum absolute atomic E-state index is 0.246. The molecule has 6 nitrogen and oxygen atoms in total. The predicted molar refractivity (Wildman–Crippen MR) is 111 cm³/mol. The van der Waals surface area contributed by atoms with E-state index in [2.05, 4.69) is 9.88 Å². The van der Waals surface area contributed by atoms with Crippen molar-refractivity contribution in [1.82, 2.24) is 19.2 Å². The summed E-state index contributed by atoms with van der Waals surface area (Å²) in [6.45, 7) is 3.00. The predicted octanol–water partition coefficient (Wildman–Crippen LogP) is 3.37. The zero-order valence-electron chi connectivity index (χ0n) is 15.0. The molecule has 0 N–H and O–H groups in total. The van der Waals surface area contributed by atoms with E-state index in [0.717, 1.165) is 22.8 Å². The summed E-state index contributed by atoms with van der Waals surface area (Å²) in [5, 5.41) is 3.77. The number of sulfonamides is 1. The lowest BCUT2D eigenvalue weighted by atomic mass is 10.2. The monoisotopic (exact) mass is 434 g/mol. The first-order chi connectivity index (χ1) is 13.5. The summed E-state index contributed by atoms with van der Waals surface area (Å²) >= 11 is 7.56. The topological polar surface area (TPSA) is 66.4 Å². The number of thiazole rings is 1. The van der Waals surface area contributed by atoms with Gasteiger partial charge in [-0.25, -0.2) is 13.4 Å². The van der Waals surface area contributed by atoms with Crippen molar-refractivity contribution in [2.75, 3.05) is 26.2 Å². The third-order valence-electron chi connectivity index (χ3n) is 4.65. The third-order valence-corrected chi connectivity index (χ3v) is 7.62. The normalized spacial score (nSPS) is 16.3. The molecule has 1 fully saturated rings. The molecular weight excluding hydrogens is 416 g/mol. The van der Waals surface area contributed by atoms with Gasteiger partial charge in [-0.15, -0.1) is 11.3 Å². The number of piperazine rings is 1. The van der Waals surface area contributed by atoms with Gasteiger partial charge in [0.1, 0.15) is 9.90 Å². The van der Waals surface area contributed by atoms with Crippen LogP contribution >= 0.6 is 22.9 Å². The average Bonchev–Trinajstić information content (AvgIpc) is 3.18. The summed E-state index contributed by atoms with van der Waals surface area (Å²) in [5.41, 5.74) is 1.98. The Morgan fingerprint density at radius 3 is 2.50 bits per heavy atom. The number of benzene rings is 1. The SMILES string of the molecule is O=S(=O)(c1cccnc1)N1CCN(Cc2nc(-c3ccc(Cl)cc3)cs2)CC1. The Kier molecular flexibility index (Phi) is 5.75. The van der Waals surface area contributed by atoms with Crippen LogP contribution in [0.5, 0.6) is 0 Å². The van der Waals surface area contributed by atoms with Gasteiger partial charge < -0.3 is 0 Å². The van der Waals surface area contributed by atoms with E-state index in [4.69, 9.17) is 16.6 Å². The van der Waals surface area contributed by atoms with Gasteiger partial charge in [0.2, 0.25) is 10.0 Å². The van der Waals surface area contributed by atoms with Crippen LogP contribution in [0, 0.1) is 0 Å². The van der Waals surface area contributed by atoms with Crippen molar-refractivity contribution in [3.8, 4) is 11.3 Å². The molecule has 3 heterocycles. The Labute approximate surface area is 173 Å². The molecule has 0 atom stereocenters. The van der Waals surface area contributed by atoms with Crippen LogP contribution < -0.4 is 0 Å². The quantitative estimate of drug-likeness (QED) is 0.616. The van der Waals surface area contributed by atoms with Gasteiger partial charge >= 0.3 is 0 Å². The van der Waals surface area contributed by atoms with Gasteiger partial charge in [0, 0.05) is 54.5 Å². The minimum atomic E-state index is -3.47. The number of halogens is 1. The highest BCUT2D eigenvalue weighted by molar-refractivity contribution is 7.89. The second-order valence-corrected chi connectivity index (χ2v) is 9.82. The molecule has 146 valence electrons. The number of hydrogen-bond acceptors (Lipinski definition) is 6. The number of hydrogen-bond donors (Lipinski definition) is 0. The van der Waals surface area contributed by atoms with E-state index in [0.29, 0.717) is 31.2 Å². The fourth-order valence-corrected chi connectivity index (χ4v) is 5.46. The van der Waals surface area contributed by atoms with E-state index < -0.39 is 10.0 Å². The molecule has 0 aliphatic carbocycles. The lowest BCUT2D eigenvalue weighted by Gasteiger charge is -2.33. The second kappa shape index (κ2) is 8.26. The van der Waals surface area contributed by atoms with Gasteiger partial charge in [0.25, 0.3) is 0 Å². The van der Waals surface area contributed by atoms with Crippen molar-refractivity contribution in [2.24, 2.45) is 0 Å². The smallest absolute Gasteiger partial charge is 0.244 e. The Morgan fingerprint density at radius 1 is 1.07 bits per heavy atom. The zero-order valence-corrected chi connectivity index (χ0v) is 17.4. The van der Waals surface area contributed by atoms with E-state index in [-0.39, 0.29) is 4.90 Å². The molecule has 0 radical (unpaired) electrons. The molecule has 1 aliphatic heterocycles. The first kappa shape index (κ1) is 19.5. The summed E-state index contributed by atoms with van der Waals surface area (Å²) in [6.07, 6.45) is 2.97. The summed E-state index contributed by atoms with van der Waals surface area (Å²) in [7, 11) is -3.47. The van der Waals surface area contributed by atoms with Crippen LogP contribution in [0.25, 0.3) is 11.3 Å². The van der Waals surface area contributed by atoms with Crippen molar-refractivity contribution in [1.29, 1.82) is 0 Å². The summed E-state index contributed by atoms with van der Waals surface area (Å²) in [5.74, 6) is 0. The van der Waals surface area contributed by atoms with E-state index >= 15 is 0 Å². The Balaban J connectivity index is 1.37. The van der Waals surface area contributed by atoms with Crippen LogP contribution in [0.4, 0.5) is 0 Å². The van der Waals surface area contributed by atoms with E-state index in [1.54, 1.807) is 29.7 Å². The van der Waals surface area contributed by atoms with Gasteiger partial charge in [-0.05, 0) is 24.3 Å². The van der Waals surface area contributed by atoms with Gasteiger partial charge in [-0.2, -0.15) is 4.31 Å². The van der Waals surface area contributed by atoms with E-state index in [1.165, 1.54) is 10.5 Å². The van der Waals surface area contributed by atoms with Crippen LogP contribution in [-0.2, 0) is 16.6 Å². The molecule has 0 saturated carbocycles. The summed E-state index contributed by atoms with van der Waals surface area (Å²) in [4.78, 5) is 11.1. The largest absolute Gasteiger partial charge is 0.294 e. The first-order valence-corrected chi connectivity index (χ1v) is 11.5. The second-order valence-electron chi connectivity index (χ2n) is 6.50. The average molecular weight is 435 g/mol. The molecule has 1 aromatic carbocycles. The van der Waals surface area contributed by atoms with Gasteiger partial charge in [-0.3, -0.25) is 9.88 Å². The Bertz CT molecular complexity index is 1030. The Hall–Kier alpha value is -1.84. The number of rotatable bonds is 5. The molecule has 9 heteroatoms. The molecule has 0 unspecified atom stereocenters. The molecule has 1 saturated heterocycles. The third kappa shape index (κ3) is 4.26. The molecule has 1 aliphatic rings. The maximum absolute atomic E-state index is 12.7. The molecule has 28 heavy (non-hydrogen) atoms. The molecule has 3 aromatic rings. The maximum Gasteiger partial charge on any atom is 0.244 e. The van der Waals surface area contributed by atoms with Crippen LogP contribution in [0.1, 0.15) is 5.01 Å². The van der Waals surface area contributed by atoms with Gasteiger partial charge in [-0.1, -0.05) is 23.7 Å². The van der Waals surface area contributed by atoms with Crippen LogP contribution in [-0.4, -0.2) is 53.8 Å². The molecule has 0 bridgehead atoms. The Morgan fingerprint density at radius 2 is 1.82 bits per heavy atom. The van der Waals surface area contributed by atoms with Crippen LogP contribution in [0.2, 0.25) is 5.02 Å². The minimum Gasteiger partial charge on any atom is -0.294 e. The van der Waals surface area contributed by atoms with Crippen molar-refractivity contribution in [2.45, 2.75) is 11.4 Å². The molecule has 0 spiro atoms. The summed E-state index contributed by atoms with van der Waals surface area (Å²) in [6, 6.07) is 10.9. The summed E-state index contributed by atoms with van der Waals surface area (Å²) < 4.78 is 26.9. The van der Waals surface area contributed by atoms with Crippen LogP contribution in [0.3, 0.4) is 0 Å².